The number of carbonyl (C=O) groups excluding carboxylic acids is 1. The molecule has 1 heterocycles. The average Bonchev–Trinajstić information content (AvgIpc) is 2.26. The van der Waals surface area contributed by atoms with E-state index in [1.165, 1.54) is 11.1 Å². The molecule has 0 aliphatic carbocycles. The number of hydrogen-bond donors (Lipinski definition) is 2. The summed E-state index contributed by atoms with van der Waals surface area (Å²) in [5, 5.41) is 0. The van der Waals surface area contributed by atoms with E-state index in [9.17, 15) is 4.79 Å². The van der Waals surface area contributed by atoms with Gasteiger partial charge in [-0.1, -0.05) is 18.9 Å². The Balaban J connectivity index is 2.31. The van der Waals surface area contributed by atoms with Crippen LogP contribution in [0.3, 0.4) is 0 Å². The Kier molecular flexibility index (Phi) is 3.07. The Morgan fingerprint density at radius 1 is 1.50 bits per heavy atom. The van der Waals surface area contributed by atoms with Crippen molar-refractivity contribution in [2.24, 2.45) is 5.73 Å². The largest absolute Gasteiger partial charge is 0.350 e. The van der Waals surface area contributed by atoms with Gasteiger partial charge in [0, 0.05) is 13.1 Å². The monoisotopic (exact) mass is 237 g/mol. The molecule has 0 saturated carbocycles. The molecule has 5 heteroatoms. The number of nitrogens with two attached hydrogens (primary N) is 1. The third kappa shape index (κ3) is 2.15. The zero-order valence-electron chi connectivity index (χ0n) is 9.18. The smallest absolute Gasteiger partial charge is 0.329 e. The van der Waals surface area contributed by atoms with Gasteiger partial charge in [0.15, 0.2) is 0 Å². The van der Waals surface area contributed by atoms with Gasteiger partial charge < -0.3 is 10.6 Å². The number of rotatable bonds is 1. The lowest BCUT2D eigenvalue weighted by Crippen LogP contribution is -2.29. The molecule has 0 aromatic heterocycles. The first-order valence-corrected chi connectivity index (χ1v) is 5.56. The lowest BCUT2D eigenvalue weighted by molar-refractivity contribution is 0.257. The molecule has 0 bridgehead atoms. The predicted molar refractivity (Wildman–Crippen MR) is 67.5 cm³/mol. The second-order valence-electron chi connectivity index (χ2n) is 4.09. The zero-order valence-corrected chi connectivity index (χ0v) is 10.1. The molecule has 0 spiro atoms. The van der Waals surface area contributed by atoms with Crippen LogP contribution in [0.15, 0.2) is 18.2 Å². The Morgan fingerprint density at radius 2 is 2.25 bits per heavy atom. The van der Waals surface area contributed by atoms with Crippen molar-refractivity contribution in [3.05, 3.63) is 29.3 Å². The lowest BCUT2D eigenvalue weighted by atomic mass is 9.99. The summed E-state index contributed by atoms with van der Waals surface area (Å²) in [5.41, 5.74) is 8.48. The lowest BCUT2D eigenvalue weighted by Gasteiger charge is -2.26. The van der Waals surface area contributed by atoms with Gasteiger partial charge in [-0.15, -0.1) is 0 Å². The number of benzene rings is 1. The molecule has 4 nitrogen and oxygen atoms in total. The molecule has 1 aliphatic heterocycles. The van der Waals surface area contributed by atoms with Crippen LogP contribution >= 0.6 is 12.8 Å². The zero-order chi connectivity index (χ0) is 11.7. The Bertz CT molecular complexity index is 422. The van der Waals surface area contributed by atoms with Crippen molar-refractivity contribution in [3.8, 4) is 0 Å². The van der Waals surface area contributed by atoms with E-state index in [0.29, 0.717) is 0 Å². The van der Waals surface area contributed by atoms with Crippen LogP contribution in [0.2, 0.25) is 0 Å². The van der Waals surface area contributed by atoms with Crippen molar-refractivity contribution >= 4 is 24.5 Å². The highest BCUT2D eigenvalue weighted by Gasteiger charge is 2.15. The molecule has 1 aliphatic rings. The first kappa shape index (κ1) is 11.3. The SMILES string of the molecule is CN1CCc2ccc(N(S)C(N)=O)cc2C1. The molecule has 2 rings (SSSR count). The number of fused-ring (bicyclic) bond motifs is 1. The molecular formula is C11H15N3OS. The van der Waals surface area contributed by atoms with Crippen molar-refractivity contribution < 1.29 is 4.79 Å². The molecule has 0 radical (unpaired) electrons. The molecule has 0 fully saturated rings. The van der Waals surface area contributed by atoms with Crippen LogP contribution < -0.4 is 10.0 Å². The summed E-state index contributed by atoms with van der Waals surface area (Å²) in [6.07, 6.45) is 1.05. The van der Waals surface area contributed by atoms with Gasteiger partial charge in [-0.25, -0.2) is 9.10 Å². The predicted octanol–water partition coefficient (Wildman–Crippen LogP) is 1.40. The molecule has 0 unspecified atom stereocenters. The number of urea groups is 1. The molecule has 2 N–H and O–H groups in total. The van der Waals surface area contributed by atoms with E-state index in [1.807, 2.05) is 18.2 Å². The molecule has 0 atom stereocenters. The van der Waals surface area contributed by atoms with Gasteiger partial charge >= 0.3 is 6.03 Å². The van der Waals surface area contributed by atoms with Crippen LogP contribution in [0, 0.1) is 0 Å². The highest BCUT2D eigenvalue weighted by Crippen LogP contribution is 2.24. The fraction of sp³-hybridized carbons (Fsp3) is 0.364. The van der Waals surface area contributed by atoms with E-state index in [1.54, 1.807) is 0 Å². The van der Waals surface area contributed by atoms with Gasteiger partial charge in [-0.05, 0) is 36.7 Å². The number of carbonyl (C=O) groups is 1. The number of primary amides is 1. The second-order valence-corrected chi connectivity index (χ2v) is 4.49. The highest BCUT2D eigenvalue weighted by atomic mass is 32.1. The number of likely N-dealkylation sites (N-methyl/N-ethyl adjacent to an activating group) is 1. The van der Waals surface area contributed by atoms with E-state index in [0.717, 1.165) is 29.5 Å². The minimum atomic E-state index is -0.563. The fourth-order valence-corrected chi connectivity index (χ4v) is 2.07. The summed E-state index contributed by atoms with van der Waals surface area (Å²) in [6.45, 7) is 1.98. The Morgan fingerprint density at radius 3 is 2.94 bits per heavy atom. The molecule has 1 aromatic carbocycles. The van der Waals surface area contributed by atoms with E-state index < -0.39 is 6.03 Å². The minimum Gasteiger partial charge on any atom is -0.350 e. The quantitative estimate of drug-likeness (QED) is 0.725. The van der Waals surface area contributed by atoms with Gasteiger partial charge in [0.25, 0.3) is 0 Å². The summed E-state index contributed by atoms with van der Waals surface area (Å²) < 4.78 is 1.16. The highest BCUT2D eigenvalue weighted by molar-refractivity contribution is 7.82. The van der Waals surface area contributed by atoms with E-state index in [-0.39, 0.29) is 0 Å². The summed E-state index contributed by atoms with van der Waals surface area (Å²) in [6, 6.07) is 5.33. The van der Waals surface area contributed by atoms with Crippen LogP contribution in [0.25, 0.3) is 0 Å². The third-order valence-electron chi connectivity index (χ3n) is 2.85. The Hall–Kier alpha value is -1.20. The maximum absolute atomic E-state index is 11.0. The summed E-state index contributed by atoms with van der Waals surface area (Å²) in [5.74, 6) is 0. The number of hydrogen-bond acceptors (Lipinski definition) is 3. The minimum absolute atomic E-state index is 0.563. The van der Waals surface area contributed by atoms with Gasteiger partial charge in [0.2, 0.25) is 0 Å². The standard InChI is InChI=1S/C11H15N3OS/c1-13-5-4-8-2-3-10(6-9(8)7-13)14(16)11(12)15/h2-3,6,16H,4-5,7H2,1H3,(H2,12,15). The molecule has 1 aromatic rings. The maximum Gasteiger partial charge on any atom is 0.329 e. The van der Waals surface area contributed by atoms with Crippen molar-refractivity contribution in [1.29, 1.82) is 0 Å². The summed E-state index contributed by atoms with van der Waals surface area (Å²) in [7, 11) is 2.09. The molecule has 2 amide bonds. The Labute approximate surface area is 101 Å². The average molecular weight is 237 g/mol. The topological polar surface area (TPSA) is 49.6 Å². The molecule has 86 valence electrons. The van der Waals surface area contributed by atoms with Crippen molar-refractivity contribution in [3.63, 3.8) is 0 Å². The van der Waals surface area contributed by atoms with Crippen molar-refractivity contribution in [1.82, 2.24) is 4.90 Å². The fourth-order valence-electron chi connectivity index (χ4n) is 1.94. The normalized spacial score (nSPS) is 15.6. The second kappa shape index (κ2) is 4.35. The van der Waals surface area contributed by atoms with Crippen LogP contribution in [-0.4, -0.2) is 24.5 Å². The summed E-state index contributed by atoms with van der Waals surface area (Å²) >= 11 is 4.05. The molecular weight excluding hydrogens is 222 g/mol. The molecule has 16 heavy (non-hydrogen) atoms. The van der Waals surface area contributed by atoms with Gasteiger partial charge in [-0.2, -0.15) is 0 Å². The van der Waals surface area contributed by atoms with Crippen molar-refractivity contribution in [2.75, 3.05) is 17.9 Å². The first-order chi connectivity index (χ1) is 7.58. The van der Waals surface area contributed by atoms with Gasteiger partial charge in [0.05, 0.1) is 5.69 Å². The van der Waals surface area contributed by atoms with E-state index >= 15 is 0 Å². The van der Waals surface area contributed by atoms with Gasteiger partial charge in [0.1, 0.15) is 0 Å². The summed E-state index contributed by atoms with van der Waals surface area (Å²) in [4.78, 5) is 13.2. The van der Waals surface area contributed by atoms with Gasteiger partial charge in [-0.3, -0.25) is 0 Å². The first-order valence-electron chi connectivity index (χ1n) is 5.16. The van der Waals surface area contributed by atoms with E-state index in [4.69, 9.17) is 5.73 Å². The maximum atomic E-state index is 11.0. The van der Waals surface area contributed by atoms with Crippen LogP contribution in [0.4, 0.5) is 10.5 Å². The van der Waals surface area contributed by atoms with Crippen LogP contribution in [0.5, 0.6) is 0 Å². The number of anilines is 1. The van der Waals surface area contributed by atoms with Crippen molar-refractivity contribution in [2.45, 2.75) is 13.0 Å². The van der Waals surface area contributed by atoms with Crippen LogP contribution in [0.1, 0.15) is 11.1 Å². The van der Waals surface area contributed by atoms with Crippen LogP contribution in [-0.2, 0) is 13.0 Å². The number of nitrogens with zero attached hydrogens (tertiary/aromatic N) is 2. The van der Waals surface area contributed by atoms with E-state index in [2.05, 4.69) is 24.8 Å². The number of thiol groups is 1. The number of amides is 2. The molecule has 0 saturated heterocycles. The third-order valence-corrected chi connectivity index (χ3v) is 3.27.